The van der Waals surface area contributed by atoms with E-state index < -0.39 is 0 Å². The van der Waals surface area contributed by atoms with Gasteiger partial charge < -0.3 is 15.0 Å². The van der Waals surface area contributed by atoms with E-state index >= 15 is 0 Å². The van der Waals surface area contributed by atoms with E-state index in [0.717, 1.165) is 22.9 Å². The fourth-order valence-corrected chi connectivity index (χ4v) is 4.54. The molecule has 1 fully saturated rings. The molecule has 7 nitrogen and oxygen atoms in total. The zero-order valence-corrected chi connectivity index (χ0v) is 18.0. The van der Waals surface area contributed by atoms with Crippen molar-refractivity contribution < 1.29 is 19.1 Å². The summed E-state index contributed by atoms with van der Waals surface area (Å²) < 4.78 is 10.3. The van der Waals surface area contributed by atoms with Crippen LogP contribution in [0.25, 0.3) is 10.1 Å². The second-order valence-corrected chi connectivity index (χ2v) is 8.21. The molecular weight excluding hydrogens is 414 g/mol. The Morgan fingerprint density at radius 2 is 2.03 bits per heavy atom. The largest absolute Gasteiger partial charge is 0.466 e. The first-order chi connectivity index (χ1) is 15.1. The minimum absolute atomic E-state index is 0.163. The van der Waals surface area contributed by atoms with Gasteiger partial charge in [-0.1, -0.05) is 24.3 Å². The smallest absolute Gasteiger partial charge is 0.310 e. The molecule has 0 radical (unpaired) electrons. The van der Waals surface area contributed by atoms with Crippen LogP contribution < -0.4 is 5.32 Å². The van der Waals surface area contributed by atoms with E-state index in [2.05, 4.69) is 9.69 Å². The monoisotopic (exact) mass is 437 g/mol. The van der Waals surface area contributed by atoms with Gasteiger partial charge in [-0.05, 0) is 55.6 Å². The number of nitrogens with zero attached hydrogens (tertiary/aromatic N) is 2. The number of benzene rings is 2. The molecule has 0 aliphatic carbocycles. The van der Waals surface area contributed by atoms with Crippen molar-refractivity contribution in [2.24, 2.45) is 5.92 Å². The van der Waals surface area contributed by atoms with Crippen LogP contribution in [0.2, 0.25) is 0 Å². The average Bonchev–Trinajstić information content (AvgIpc) is 3.23. The molecule has 4 rings (SSSR count). The maximum absolute atomic E-state index is 13.0. The number of esters is 1. The highest BCUT2D eigenvalue weighted by molar-refractivity contribution is 7.13. The van der Waals surface area contributed by atoms with Crippen molar-refractivity contribution in [3.63, 3.8) is 0 Å². The van der Waals surface area contributed by atoms with Crippen molar-refractivity contribution in [2.45, 2.75) is 19.8 Å². The molecule has 2 amide bonds. The van der Waals surface area contributed by atoms with Crippen LogP contribution in [0.15, 0.2) is 48.5 Å². The number of amides is 2. The molecule has 160 valence electrons. The number of hydrogen-bond acceptors (Lipinski definition) is 6. The van der Waals surface area contributed by atoms with Gasteiger partial charge in [-0.25, -0.2) is 0 Å². The highest BCUT2D eigenvalue weighted by Gasteiger charge is 2.30. The number of fused-ring (bicyclic) bond motifs is 1. The highest BCUT2D eigenvalue weighted by atomic mass is 32.1. The number of aromatic nitrogens is 1. The number of carbonyl (C=O) groups excluding carboxylic acids is 3. The molecule has 1 aliphatic rings. The Labute approximate surface area is 184 Å². The summed E-state index contributed by atoms with van der Waals surface area (Å²) in [6, 6.07) is 14.4. The molecule has 31 heavy (non-hydrogen) atoms. The van der Waals surface area contributed by atoms with Crippen LogP contribution in [-0.2, 0) is 9.53 Å². The topological polar surface area (TPSA) is 88.6 Å². The first-order valence-corrected chi connectivity index (χ1v) is 11.1. The molecule has 0 spiro atoms. The zero-order valence-electron chi connectivity index (χ0n) is 17.2. The van der Waals surface area contributed by atoms with Crippen molar-refractivity contribution in [3.05, 3.63) is 59.8 Å². The first-order valence-electron chi connectivity index (χ1n) is 10.3. The van der Waals surface area contributed by atoms with Crippen molar-refractivity contribution in [1.29, 1.82) is 0 Å². The fraction of sp³-hybridized carbons (Fsp3) is 0.304. The summed E-state index contributed by atoms with van der Waals surface area (Å²) in [5.41, 5.74) is 1.35. The first kappa shape index (κ1) is 21.0. The second kappa shape index (κ2) is 9.26. The van der Waals surface area contributed by atoms with Gasteiger partial charge in [0.2, 0.25) is 0 Å². The van der Waals surface area contributed by atoms with E-state index in [4.69, 9.17) is 4.74 Å². The van der Waals surface area contributed by atoms with Crippen LogP contribution in [0.4, 0.5) is 5.69 Å². The van der Waals surface area contributed by atoms with Gasteiger partial charge in [0.25, 0.3) is 11.8 Å². The van der Waals surface area contributed by atoms with Gasteiger partial charge in [-0.15, -0.1) is 0 Å². The number of likely N-dealkylation sites (tertiary alicyclic amines) is 1. The molecule has 1 aromatic heterocycles. The Hall–Kier alpha value is -3.26. The lowest BCUT2D eigenvalue weighted by molar-refractivity contribution is -0.149. The second-order valence-electron chi connectivity index (χ2n) is 7.40. The van der Waals surface area contributed by atoms with Gasteiger partial charge >= 0.3 is 5.97 Å². The number of hydrogen-bond donors (Lipinski definition) is 1. The predicted molar refractivity (Wildman–Crippen MR) is 119 cm³/mol. The molecule has 1 aliphatic heterocycles. The lowest BCUT2D eigenvalue weighted by Crippen LogP contribution is -2.42. The van der Waals surface area contributed by atoms with Gasteiger partial charge in [0, 0.05) is 29.7 Å². The molecular formula is C23H23N3O4S. The molecule has 3 aromatic rings. The van der Waals surface area contributed by atoms with E-state index in [9.17, 15) is 14.4 Å². The number of carbonyl (C=O) groups is 3. The third-order valence-electron chi connectivity index (χ3n) is 5.29. The molecule has 0 bridgehead atoms. The van der Waals surface area contributed by atoms with Crippen LogP contribution in [0, 0.1) is 5.92 Å². The Bertz CT molecular complexity index is 1130. The summed E-state index contributed by atoms with van der Waals surface area (Å²) >= 11 is 1.28. The summed E-state index contributed by atoms with van der Waals surface area (Å²) in [4.78, 5) is 39.5. The number of piperidine rings is 1. The molecule has 0 saturated carbocycles. The Morgan fingerprint density at radius 1 is 1.19 bits per heavy atom. The number of rotatable bonds is 5. The van der Waals surface area contributed by atoms with Crippen LogP contribution in [0.1, 0.15) is 40.6 Å². The molecule has 1 N–H and O–H groups in total. The lowest BCUT2D eigenvalue weighted by atomic mass is 9.97. The highest BCUT2D eigenvalue weighted by Crippen LogP contribution is 2.24. The van der Waals surface area contributed by atoms with Crippen LogP contribution in [-0.4, -0.2) is 46.8 Å². The Kier molecular flexibility index (Phi) is 6.27. The molecule has 0 unspecified atom stereocenters. The Balaban J connectivity index is 1.47. The minimum Gasteiger partial charge on any atom is -0.466 e. The van der Waals surface area contributed by atoms with Gasteiger partial charge in [0.15, 0.2) is 0 Å². The molecule has 1 atom stereocenters. The number of ether oxygens (including phenoxy) is 1. The van der Waals surface area contributed by atoms with E-state index in [1.165, 1.54) is 11.5 Å². The fourth-order valence-electron chi connectivity index (χ4n) is 3.77. The van der Waals surface area contributed by atoms with Crippen LogP contribution in [0.3, 0.4) is 0 Å². The van der Waals surface area contributed by atoms with Crippen LogP contribution >= 0.6 is 11.5 Å². The molecule has 8 heteroatoms. The third kappa shape index (κ3) is 4.59. The van der Waals surface area contributed by atoms with Crippen LogP contribution in [0.5, 0.6) is 0 Å². The summed E-state index contributed by atoms with van der Waals surface area (Å²) in [7, 11) is 0. The van der Waals surface area contributed by atoms with Crippen molar-refractivity contribution in [3.8, 4) is 0 Å². The third-order valence-corrected chi connectivity index (χ3v) is 6.12. The Morgan fingerprint density at radius 3 is 2.87 bits per heavy atom. The lowest BCUT2D eigenvalue weighted by Gasteiger charge is -2.31. The van der Waals surface area contributed by atoms with Gasteiger partial charge in [-0.3, -0.25) is 14.4 Å². The summed E-state index contributed by atoms with van der Waals surface area (Å²) in [5.74, 6) is -1.03. The minimum atomic E-state index is -0.317. The summed E-state index contributed by atoms with van der Waals surface area (Å²) in [6.07, 6.45) is 1.48. The van der Waals surface area contributed by atoms with E-state index in [1.807, 2.05) is 24.3 Å². The molecule has 2 aromatic carbocycles. The van der Waals surface area contributed by atoms with Crippen molar-refractivity contribution >= 4 is 45.1 Å². The van der Waals surface area contributed by atoms with Gasteiger partial charge in [0.05, 0.1) is 17.2 Å². The SMILES string of the molecule is CCOC(=O)[C@H]1CCCN(C(=O)c2cccc(NC(=O)c3nsc4ccccc34)c2)C1. The standard InChI is InChI=1S/C23H23N3O4S/c1-2-30-23(29)16-8-6-12-26(14-16)22(28)15-7-5-9-17(13-15)24-21(27)20-18-10-3-4-11-19(18)31-25-20/h3-5,7,9-11,13,16H,2,6,8,12,14H2,1H3,(H,24,27)/t16-/m0/s1. The van der Waals surface area contributed by atoms with Gasteiger partial charge in [0.1, 0.15) is 5.69 Å². The molecule has 2 heterocycles. The summed E-state index contributed by atoms with van der Waals surface area (Å²) in [6.45, 7) is 3.05. The normalized spacial score (nSPS) is 16.2. The summed E-state index contributed by atoms with van der Waals surface area (Å²) in [5, 5.41) is 3.64. The number of anilines is 1. The van der Waals surface area contributed by atoms with E-state index in [-0.39, 0.29) is 23.7 Å². The average molecular weight is 438 g/mol. The van der Waals surface area contributed by atoms with E-state index in [0.29, 0.717) is 36.6 Å². The number of nitrogens with one attached hydrogen (secondary N) is 1. The maximum Gasteiger partial charge on any atom is 0.310 e. The van der Waals surface area contributed by atoms with Crippen molar-refractivity contribution in [1.82, 2.24) is 9.27 Å². The van der Waals surface area contributed by atoms with E-state index in [1.54, 1.807) is 36.1 Å². The predicted octanol–water partition coefficient (Wildman–Crippen LogP) is 3.96. The maximum atomic E-state index is 13.0. The zero-order chi connectivity index (χ0) is 21.8. The van der Waals surface area contributed by atoms with Gasteiger partial charge in [-0.2, -0.15) is 4.37 Å². The quantitative estimate of drug-likeness (QED) is 0.611. The molecule has 1 saturated heterocycles. The van der Waals surface area contributed by atoms with Crippen molar-refractivity contribution in [2.75, 3.05) is 25.0 Å².